The minimum Gasteiger partial charge on any atom is -0.316 e. The molecule has 0 radical (unpaired) electrons. The fraction of sp³-hybridized carbons (Fsp3) is 0.533. The maximum absolute atomic E-state index is 12.8. The summed E-state index contributed by atoms with van der Waals surface area (Å²) in [5.41, 5.74) is 1.23. The Balaban J connectivity index is 1.87. The van der Waals surface area contributed by atoms with Gasteiger partial charge in [0.25, 0.3) is 0 Å². The van der Waals surface area contributed by atoms with Gasteiger partial charge >= 0.3 is 0 Å². The number of piperidine rings is 1. The molecular weight excluding hydrogens is 286 g/mol. The van der Waals surface area contributed by atoms with Gasteiger partial charge in [0.2, 0.25) is 10.0 Å². The Kier molecular flexibility index (Phi) is 3.74. The van der Waals surface area contributed by atoms with Crippen LogP contribution in [0.25, 0.3) is 0 Å². The van der Waals surface area contributed by atoms with Crippen LogP contribution in [-0.4, -0.2) is 38.9 Å². The normalized spacial score (nSPS) is 26.3. The number of rotatable bonds is 2. The van der Waals surface area contributed by atoms with E-state index in [0.29, 0.717) is 40.9 Å². The van der Waals surface area contributed by atoms with Crippen molar-refractivity contribution in [3.8, 4) is 6.07 Å². The predicted octanol–water partition coefficient (Wildman–Crippen LogP) is 1.10. The summed E-state index contributed by atoms with van der Waals surface area (Å²) in [6.45, 7) is 4.87. The molecule has 0 aliphatic carbocycles. The molecule has 0 spiro atoms. The molecule has 2 fully saturated rings. The van der Waals surface area contributed by atoms with Gasteiger partial charge in [-0.25, -0.2) is 8.42 Å². The van der Waals surface area contributed by atoms with Gasteiger partial charge < -0.3 is 5.32 Å². The molecule has 2 atom stereocenters. The second-order valence-electron chi connectivity index (χ2n) is 5.92. The summed E-state index contributed by atoms with van der Waals surface area (Å²) in [5, 5.41) is 12.3. The van der Waals surface area contributed by atoms with Gasteiger partial charge in [-0.15, -0.1) is 0 Å². The molecule has 2 saturated heterocycles. The molecule has 5 nitrogen and oxygen atoms in total. The second kappa shape index (κ2) is 5.41. The van der Waals surface area contributed by atoms with Crippen LogP contribution < -0.4 is 5.32 Å². The Labute approximate surface area is 125 Å². The standard InChI is InChI=1S/C15H19N3O2S/c1-11-6-15(3-2-12(11)7-16)21(19,20)18-5-4-13-8-17-9-14(13)10-18/h2-3,6,13-14,17H,4-5,8-10H2,1H3. The van der Waals surface area contributed by atoms with Gasteiger partial charge in [0.05, 0.1) is 16.5 Å². The largest absolute Gasteiger partial charge is 0.316 e. The SMILES string of the molecule is Cc1cc(S(=O)(=O)N2CCC3CNCC3C2)ccc1C#N. The summed E-state index contributed by atoms with van der Waals surface area (Å²) in [6.07, 6.45) is 0.923. The number of fused-ring (bicyclic) bond motifs is 1. The van der Waals surface area contributed by atoms with Crippen molar-refractivity contribution in [2.75, 3.05) is 26.2 Å². The fourth-order valence-electron chi connectivity index (χ4n) is 3.29. The summed E-state index contributed by atoms with van der Waals surface area (Å²) < 4.78 is 27.1. The monoisotopic (exact) mass is 305 g/mol. The van der Waals surface area contributed by atoms with Crippen LogP contribution in [0.5, 0.6) is 0 Å². The maximum atomic E-state index is 12.8. The van der Waals surface area contributed by atoms with Crippen LogP contribution in [0.3, 0.4) is 0 Å². The van der Waals surface area contributed by atoms with Crippen molar-refractivity contribution in [1.82, 2.24) is 9.62 Å². The lowest BCUT2D eigenvalue weighted by molar-refractivity contribution is 0.228. The molecule has 112 valence electrons. The number of nitrogens with zero attached hydrogens (tertiary/aromatic N) is 2. The van der Waals surface area contributed by atoms with E-state index in [1.165, 1.54) is 0 Å². The van der Waals surface area contributed by atoms with E-state index >= 15 is 0 Å². The molecule has 2 unspecified atom stereocenters. The lowest BCUT2D eigenvalue weighted by Gasteiger charge is -2.33. The third-order valence-corrected chi connectivity index (χ3v) is 6.48. The minimum atomic E-state index is -3.45. The highest BCUT2D eigenvalue weighted by molar-refractivity contribution is 7.89. The van der Waals surface area contributed by atoms with E-state index in [0.717, 1.165) is 19.5 Å². The Morgan fingerprint density at radius 2 is 2.10 bits per heavy atom. The summed E-state index contributed by atoms with van der Waals surface area (Å²) in [5.74, 6) is 1.03. The molecule has 1 N–H and O–H groups in total. The summed E-state index contributed by atoms with van der Waals surface area (Å²) in [7, 11) is -3.45. The zero-order chi connectivity index (χ0) is 15.0. The van der Waals surface area contributed by atoms with Gasteiger partial charge in [-0.2, -0.15) is 9.57 Å². The predicted molar refractivity (Wildman–Crippen MR) is 79.1 cm³/mol. The highest BCUT2D eigenvalue weighted by Gasteiger charge is 2.37. The van der Waals surface area contributed by atoms with E-state index in [2.05, 4.69) is 11.4 Å². The second-order valence-corrected chi connectivity index (χ2v) is 7.86. The van der Waals surface area contributed by atoms with Crippen LogP contribution in [0, 0.1) is 30.1 Å². The zero-order valence-corrected chi connectivity index (χ0v) is 12.9. The molecule has 0 aromatic heterocycles. The summed E-state index contributed by atoms with van der Waals surface area (Å²) >= 11 is 0. The highest BCUT2D eigenvalue weighted by atomic mass is 32.2. The molecule has 21 heavy (non-hydrogen) atoms. The molecule has 6 heteroatoms. The highest BCUT2D eigenvalue weighted by Crippen LogP contribution is 2.30. The first-order chi connectivity index (χ1) is 10.0. The van der Waals surface area contributed by atoms with Gasteiger partial charge in [-0.1, -0.05) is 0 Å². The smallest absolute Gasteiger partial charge is 0.243 e. The van der Waals surface area contributed by atoms with E-state index in [4.69, 9.17) is 5.26 Å². The number of aryl methyl sites for hydroxylation is 1. The van der Waals surface area contributed by atoms with E-state index in [9.17, 15) is 8.42 Å². The van der Waals surface area contributed by atoms with Crippen molar-refractivity contribution in [3.63, 3.8) is 0 Å². The van der Waals surface area contributed by atoms with Crippen LogP contribution in [0.1, 0.15) is 17.5 Å². The topological polar surface area (TPSA) is 73.2 Å². The molecule has 2 aliphatic rings. The average Bonchev–Trinajstić information content (AvgIpc) is 2.94. The van der Waals surface area contributed by atoms with Crippen molar-refractivity contribution >= 4 is 10.0 Å². The van der Waals surface area contributed by atoms with Gasteiger partial charge in [-0.3, -0.25) is 0 Å². The van der Waals surface area contributed by atoms with Crippen LogP contribution in [0.2, 0.25) is 0 Å². The Hall–Kier alpha value is -1.42. The first-order valence-corrected chi connectivity index (χ1v) is 8.68. The molecule has 1 aromatic rings. The molecule has 0 saturated carbocycles. The van der Waals surface area contributed by atoms with E-state index < -0.39 is 10.0 Å². The fourth-order valence-corrected chi connectivity index (χ4v) is 4.89. The quantitative estimate of drug-likeness (QED) is 0.888. The van der Waals surface area contributed by atoms with Gasteiger partial charge in [-0.05, 0) is 62.0 Å². The van der Waals surface area contributed by atoms with E-state index in [1.807, 2.05) is 0 Å². The molecule has 0 amide bonds. The Morgan fingerprint density at radius 3 is 2.81 bits per heavy atom. The van der Waals surface area contributed by atoms with Gasteiger partial charge in [0, 0.05) is 13.1 Å². The molecule has 0 bridgehead atoms. The van der Waals surface area contributed by atoms with Crippen molar-refractivity contribution < 1.29 is 8.42 Å². The number of hydrogen-bond acceptors (Lipinski definition) is 4. The number of hydrogen-bond donors (Lipinski definition) is 1. The summed E-state index contributed by atoms with van der Waals surface area (Å²) in [4.78, 5) is 0.295. The van der Waals surface area contributed by atoms with Crippen LogP contribution in [0.15, 0.2) is 23.1 Å². The van der Waals surface area contributed by atoms with E-state index in [-0.39, 0.29) is 0 Å². The minimum absolute atomic E-state index is 0.295. The van der Waals surface area contributed by atoms with Crippen LogP contribution in [0.4, 0.5) is 0 Å². The van der Waals surface area contributed by atoms with Crippen molar-refractivity contribution in [1.29, 1.82) is 5.26 Å². The van der Waals surface area contributed by atoms with Crippen molar-refractivity contribution in [2.24, 2.45) is 11.8 Å². The number of nitriles is 1. The maximum Gasteiger partial charge on any atom is 0.243 e. The number of nitrogens with one attached hydrogen (secondary N) is 1. The average molecular weight is 305 g/mol. The number of sulfonamides is 1. The molecule has 1 aromatic carbocycles. The third-order valence-electron chi connectivity index (χ3n) is 4.62. The Morgan fingerprint density at radius 1 is 1.33 bits per heavy atom. The lowest BCUT2D eigenvalue weighted by atomic mass is 9.90. The Bertz CT molecular complexity index is 693. The van der Waals surface area contributed by atoms with Crippen molar-refractivity contribution in [3.05, 3.63) is 29.3 Å². The molecular formula is C15H19N3O2S. The van der Waals surface area contributed by atoms with Crippen LogP contribution in [-0.2, 0) is 10.0 Å². The van der Waals surface area contributed by atoms with Gasteiger partial charge in [0.15, 0.2) is 0 Å². The van der Waals surface area contributed by atoms with Crippen molar-refractivity contribution in [2.45, 2.75) is 18.2 Å². The first kappa shape index (κ1) is 14.5. The molecule has 3 rings (SSSR count). The third kappa shape index (κ3) is 2.57. The summed E-state index contributed by atoms with van der Waals surface area (Å²) in [6, 6.07) is 6.80. The van der Waals surface area contributed by atoms with E-state index in [1.54, 1.807) is 29.4 Å². The molecule has 2 aliphatic heterocycles. The number of benzene rings is 1. The lowest BCUT2D eigenvalue weighted by Crippen LogP contribution is -2.43. The zero-order valence-electron chi connectivity index (χ0n) is 12.0. The van der Waals surface area contributed by atoms with Gasteiger partial charge in [0.1, 0.15) is 0 Å². The first-order valence-electron chi connectivity index (χ1n) is 7.24. The van der Waals surface area contributed by atoms with Crippen LogP contribution >= 0.6 is 0 Å². The molecule has 2 heterocycles.